The molecule has 1 amide bonds. The average molecular weight is 221 g/mol. The van der Waals surface area contributed by atoms with Crippen molar-refractivity contribution < 1.29 is 13.2 Å². The summed E-state index contributed by atoms with van der Waals surface area (Å²) < 4.78 is 22.2. The summed E-state index contributed by atoms with van der Waals surface area (Å²) in [5.74, 6) is -0.492. The second kappa shape index (κ2) is 5.34. The van der Waals surface area contributed by atoms with Gasteiger partial charge in [-0.05, 0) is 12.8 Å². The molecular weight excluding hydrogens is 202 g/mol. The molecule has 1 N–H and O–H groups in total. The highest BCUT2D eigenvalue weighted by atomic mass is 32.2. The van der Waals surface area contributed by atoms with E-state index in [0.717, 1.165) is 0 Å². The Labute approximate surface area is 86.0 Å². The second-order valence-corrected chi connectivity index (χ2v) is 6.13. The largest absolute Gasteiger partial charge is 0.353 e. The number of hydrogen-bond donors (Lipinski definition) is 1. The fourth-order valence-electron chi connectivity index (χ4n) is 0.764. The Balaban J connectivity index is 4.13. The van der Waals surface area contributed by atoms with Gasteiger partial charge >= 0.3 is 0 Å². The van der Waals surface area contributed by atoms with Gasteiger partial charge in [0, 0.05) is 11.8 Å². The lowest BCUT2D eigenvalue weighted by Crippen LogP contribution is -2.39. The van der Waals surface area contributed by atoms with Crippen molar-refractivity contribution in [3.63, 3.8) is 0 Å². The molecule has 0 aliphatic heterocycles. The van der Waals surface area contributed by atoms with Gasteiger partial charge in [0.05, 0.1) is 0 Å². The highest BCUT2D eigenvalue weighted by Gasteiger charge is 2.16. The lowest BCUT2D eigenvalue weighted by atomic mass is 10.1. The van der Waals surface area contributed by atoms with E-state index in [1.807, 2.05) is 20.8 Å². The van der Waals surface area contributed by atoms with Gasteiger partial charge in [0.25, 0.3) is 0 Å². The Morgan fingerprint density at radius 1 is 1.29 bits per heavy atom. The molecule has 0 aromatic rings. The maximum Gasteiger partial charge on any atom is 0.235 e. The molecule has 0 aliphatic carbocycles. The summed E-state index contributed by atoms with van der Waals surface area (Å²) in [5, 5.41) is 2.65. The van der Waals surface area contributed by atoms with Crippen LogP contribution in [0.25, 0.3) is 0 Å². The van der Waals surface area contributed by atoms with Crippen LogP contribution in [-0.4, -0.2) is 31.9 Å². The van der Waals surface area contributed by atoms with Crippen molar-refractivity contribution in [1.29, 1.82) is 0 Å². The van der Waals surface area contributed by atoms with Crippen LogP contribution in [0.15, 0.2) is 0 Å². The van der Waals surface area contributed by atoms with Crippen molar-refractivity contribution in [1.82, 2.24) is 5.32 Å². The predicted octanol–water partition coefficient (Wildman–Crippen LogP) is 0.582. The molecule has 0 aliphatic rings. The summed E-state index contributed by atoms with van der Waals surface area (Å²) in [4.78, 5) is 11.2. The van der Waals surface area contributed by atoms with Crippen LogP contribution in [-0.2, 0) is 14.6 Å². The van der Waals surface area contributed by atoms with Crippen LogP contribution in [0.2, 0.25) is 0 Å². The first-order valence-corrected chi connectivity index (χ1v) is 6.60. The van der Waals surface area contributed by atoms with E-state index in [1.54, 1.807) is 0 Å². The Bertz CT molecular complexity index is 282. The molecule has 1 atom stereocenters. The smallest absolute Gasteiger partial charge is 0.235 e. The normalized spacial score (nSPS) is 14.1. The fourth-order valence-corrected chi connectivity index (χ4v) is 1.45. The van der Waals surface area contributed by atoms with E-state index in [2.05, 4.69) is 5.32 Å². The van der Waals surface area contributed by atoms with Gasteiger partial charge in [-0.1, -0.05) is 20.8 Å². The van der Waals surface area contributed by atoms with E-state index in [0.29, 0.717) is 5.92 Å². The predicted molar refractivity (Wildman–Crippen MR) is 56.8 cm³/mol. The Hall–Kier alpha value is -0.580. The summed E-state index contributed by atoms with van der Waals surface area (Å²) in [6.07, 6.45) is 0. The zero-order valence-electron chi connectivity index (χ0n) is 9.20. The van der Waals surface area contributed by atoms with Gasteiger partial charge in [0.2, 0.25) is 5.91 Å². The van der Waals surface area contributed by atoms with Crippen molar-refractivity contribution in [3.8, 4) is 0 Å². The second-order valence-electron chi connectivity index (χ2n) is 3.78. The van der Waals surface area contributed by atoms with E-state index < -0.39 is 21.5 Å². The third-order valence-corrected chi connectivity index (χ3v) is 3.76. The van der Waals surface area contributed by atoms with Crippen molar-refractivity contribution in [3.05, 3.63) is 0 Å². The van der Waals surface area contributed by atoms with Crippen molar-refractivity contribution >= 4 is 15.7 Å². The molecule has 0 heterocycles. The standard InChI is InChI=1S/C9H19NO3S/c1-5-14(12,13)6-9(11)10-8(4)7(2)3/h7-8H,5-6H2,1-4H3,(H,10,11)/t8-/m1/s1. The van der Waals surface area contributed by atoms with Gasteiger partial charge in [0.1, 0.15) is 5.75 Å². The number of carbonyl (C=O) groups is 1. The first-order valence-electron chi connectivity index (χ1n) is 4.78. The molecule has 0 rings (SSSR count). The Morgan fingerprint density at radius 3 is 2.14 bits per heavy atom. The molecule has 14 heavy (non-hydrogen) atoms. The van der Waals surface area contributed by atoms with E-state index >= 15 is 0 Å². The molecule has 84 valence electrons. The quantitative estimate of drug-likeness (QED) is 0.738. The summed E-state index contributed by atoms with van der Waals surface area (Å²) >= 11 is 0. The van der Waals surface area contributed by atoms with Crippen LogP contribution in [0.3, 0.4) is 0 Å². The molecule has 0 aromatic carbocycles. The molecule has 0 bridgehead atoms. The monoisotopic (exact) mass is 221 g/mol. The summed E-state index contributed by atoms with van der Waals surface area (Å²) in [6.45, 7) is 7.34. The fraction of sp³-hybridized carbons (Fsp3) is 0.889. The molecule has 0 saturated carbocycles. The van der Waals surface area contributed by atoms with Gasteiger partial charge in [-0.15, -0.1) is 0 Å². The summed E-state index contributed by atoms with van der Waals surface area (Å²) in [6, 6.07) is 0.00885. The van der Waals surface area contributed by atoms with Crippen molar-refractivity contribution in [2.24, 2.45) is 5.92 Å². The first kappa shape index (κ1) is 13.4. The SMILES string of the molecule is CCS(=O)(=O)CC(=O)N[C@H](C)C(C)C. The molecule has 0 spiro atoms. The van der Waals surface area contributed by atoms with Crippen LogP contribution in [0.4, 0.5) is 0 Å². The first-order chi connectivity index (χ1) is 6.28. The summed E-state index contributed by atoms with van der Waals surface area (Å²) in [5.41, 5.74) is 0. The number of carbonyl (C=O) groups excluding carboxylic acids is 1. The third-order valence-electron chi connectivity index (χ3n) is 2.18. The summed E-state index contributed by atoms with van der Waals surface area (Å²) in [7, 11) is -3.20. The van der Waals surface area contributed by atoms with Crippen molar-refractivity contribution in [2.75, 3.05) is 11.5 Å². The molecule has 0 fully saturated rings. The molecule has 0 radical (unpaired) electrons. The minimum Gasteiger partial charge on any atom is -0.353 e. The van der Waals surface area contributed by atoms with Crippen LogP contribution >= 0.6 is 0 Å². The Morgan fingerprint density at radius 2 is 1.79 bits per heavy atom. The maximum absolute atomic E-state index is 11.2. The number of amides is 1. The van der Waals surface area contributed by atoms with Gasteiger partial charge in [-0.3, -0.25) is 4.79 Å². The van der Waals surface area contributed by atoms with E-state index in [9.17, 15) is 13.2 Å². The van der Waals surface area contributed by atoms with E-state index in [-0.39, 0.29) is 11.8 Å². The van der Waals surface area contributed by atoms with E-state index in [4.69, 9.17) is 0 Å². The zero-order valence-corrected chi connectivity index (χ0v) is 10.0. The molecule has 0 aromatic heterocycles. The van der Waals surface area contributed by atoms with E-state index in [1.165, 1.54) is 6.92 Å². The number of sulfone groups is 1. The highest BCUT2D eigenvalue weighted by molar-refractivity contribution is 7.92. The van der Waals surface area contributed by atoms with Crippen molar-refractivity contribution in [2.45, 2.75) is 33.7 Å². The molecule has 0 unspecified atom stereocenters. The van der Waals surface area contributed by atoms with Crippen LogP contribution in [0.5, 0.6) is 0 Å². The van der Waals surface area contributed by atoms with Gasteiger partial charge in [-0.25, -0.2) is 8.42 Å². The molecule has 4 nitrogen and oxygen atoms in total. The van der Waals surface area contributed by atoms with Gasteiger partial charge in [0.15, 0.2) is 9.84 Å². The third kappa shape index (κ3) is 5.21. The van der Waals surface area contributed by atoms with Crippen LogP contribution < -0.4 is 5.32 Å². The van der Waals surface area contributed by atoms with Crippen LogP contribution in [0.1, 0.15) is 27.7 Å². The van der Waals surface area contributed by atoms with Gasteiger partial charge < -0.3 is 5.32 Å². The molecular formula is C9H19NO3S. The number of hydrogen-bond acceptors (Lipinski definition) is 3. The molecule has 0 saturated heterocycles. The lowest BCUT2D eigenvalue weighted by molar-refractivity contribution is -0.119. The topological polar surface area (TPSA) is 63.2 Å². The average Bonchev–Trinajstić information content (AvgIpc) is 2.02. The number of nitrogens with one attached hydrogen (secondary N) is 1. The minimum atomic E-state index is -3.20. The van der Waals surface area contributed by atoms with Crippen LogP contribution in [0, 0.1) is 5.92 Å². The van der Waals surface area contributed by atoms with Gasteiger partial charge in [-0.2, -0.15) is 0 Å². The highest BCUT2D eigenvalue weighted by Crippen LogP contribution is 2.00. The molecule has 5 heteroatoms. The lowest BCUT2D eigenvalue weighted by Gasteiger charge is -2.17. The Kier molecular flexibility index (Phi) is 5.12. The minimum absolute atomic E-state index is 0.00885. The number of rotatable bonds is 5. The maximum atomic E-state index is 11.2. The zero-order chi connectivity index (χ0) is 11.4.